The predicted molar refractivity (Wildman–Crippen MR) is 42.8 cm³/mol. The molecule has 0 spiro atoms. The van der Waals surface area contributed by atoms with Crippen molar-refractivity contribution in [2.24, 2.45) is 5.92 Å². The van der Waals surface area contributed by atoms with Gasteiger partial charge in [-0.3, -0.25) is 0 Å². The number of carbonyl (C=O) groups is 1. The quantitative estimate of drug-likeness (QED) is 0.630. The molecule has 0 aromatic heterocycles. The minimum absolute atomic E-state index is 0.0360. The van der Waals surface area contributed by atoms with E-state index in [0.29, 0.717) is 6.42 Å². The van der Waals surface area contributed by atoms with Gasteiger partial charge >= 0.3 is 6.09 Å². The summed E-state index contributed by atoms with van der Waals surface area (Å²) in [6.07, 6.45) is -0.526. The van der Waals surface area contributed by atoms with Crippen LogP contribution in [0, 0.1) is 5.92 Å². The van der Waals surface area contributed by atoms with Crippen molar-refractivity contribution in [3.63, 3.8) is 0 Å². The van der Waals surface area contributed by atoms with Gasteiger partial charge in [0, 0.05) is 6.54 Å². The van der Waals surface area contributed by atoms with Gasteiger partial charge in [0.15, 0.2) is 9.84 Å². The maximum atomic E-state index is 10.9. The van der Waals surface area contributed by atoms with E-state index in [1.165, 1.54) is 0 Å². The van der Waals surface area contributed by atoms with Gasteiger partial charge in [-0.2, -0.15) is 0 Å². The highest BCUT2D eigenvalue weighted by molar-refractivity contribution is 7.91. The van der Waals surface area contributed by atoms with Crippen molar-refractivity contribution in [1.82, 2.24) is 5.32 Å². The van der Waals surface area contributed by atoms with E-state index in [2.05, 4.69) is 5.32 Å². The summed E-state index contributed by atoms with van der Waals surface area (Å²) < 4.78 is 21.8. The Labute approximate surface area is 70.7 Å². The molecule has 0 aromatic carbocycles. The minimum Gasteiger partial charge on any atom is -0.465 e. The van der Waals surface area contributed by atoms with Crippen LogP contribution in [0.15, 0.2) is 0 Å². The number of amides is 1. The molecule has 6 heteroatoms. The van der Waals surface area contributed by atoms with Crippen LogP contribution < -0.4 is 5.32 Å². The Bertz CT molecular complexity index is 271. The van der Waals surface area contributed by atoms with Gasteiger partial charge in [-0.15, -0.1) is 0 Å². The largest absolute Gasteiger partial charge is 0.465 e. The minimum atomic E-state index is -2.88. The monoisotopic (exact) mass is 193 g/mol. The first-order chi connectivity index (χ1) is 5.49. The lowest BCUT2D eigenvalue weighted by molar-refractivity contribution is 0.193. The van der Waals surface area contributed by atoms with Crippen LogP contribution in [-0.4, -0.2) is 37.7 Å². The Balaban J connectivity index is 2.34. The van der Waals surface area contributed by atoms with Crippen LogP contribution in [0.1, 0.15) is 6.42 Å². The van der Waals surface area contributed by atoms with E-state index in [1.807, 2.05) is 0 Å². The normalized spacial score (nSPS) is 26.8. The summed E-state index contributed by atoms with van der Waals surface area (Å²) in [5, 5.41) is 10.4. The summed E-state index contributed by atoms with van der Waals surface area (Å²) in [7, 11) is -2.88. The molecule has 1 aliphatic rings. The fraction of sp³-hybridized carbons (Fsp3) is 0.833. The topological polar surface area (TPSA) is 83.5 Å². The zero-order chi connectivity index (χ0) is 9.19. The van der Waals surface area contributed by atoms with E-state index in [4.69, 9.17) is 5.11 Å². The molecule has 1 unspecified atom stereocenters. The summed E-state index contributed by atoms with van der Waals surface area (Å²) in [5.41, 5.74) is 0. The molecule has 2 N–H and O–H groups in total. The Morgan fingerprint density at radius 2 is 2.25 bits per heavy atom. The number of hydrogen-bond acceptors (Lipinski definition) is 3. The maximum Gasteiger partial charge on any atom is 0.404 e. The average molecular weight is 193 g/mol. The van der Waals surface area contributed by atoms with Crippen LogP contribution in [0.25, 0.3) is 0 Å². The standard InChI is InChI=1S/C6H11NO4S/c8-6(9)7-3-5-1-2-12(10,11)4-5/h5,7H,1-4H2,(H,8,9). The Hall–Kier alpha value is -0.780. The molecule has 1 saturated heterocycles. The van der Waals surface area contributed by atoms with Crippen molar-refractivity contribution in [2.75, 3.05) is 18.1 Å². The lowest BCUT2D eigenvalue weighted by atomic mass is 10.1. The van der Waals surface area contributed by atoms with Crippen molar-refractivity contribution in [1.29, 1.82) is 0 Å². The van der Waals surface area contributed by atoms with E-state index in [-0.39, 0.29) is 24.0 Å². The molecule has 12 heavy (non-hydrogen) atoms. The first-order valence-corrected chi connectivity index (χ1v) is 5.49. The van der Waals surface area contributed by atoms with E-state index < -0.39 is 15.9 Å². The Morgan fingerprint density at radius 1 is 1.58 bits per heavy atom. The SMILES string of the molecule is O=C(O)NCC1CCS(=O)(=O)C1. The molecule has 5 nitrogen and oxygen atoms in total. The van der Waals surface area contributed by atoms with Gasteiger partial charge in [-0.1, -0.05) is 0 Å². The van der Waals surface area contributed by atoms with E-state index >= 15 is 0 Å². The second kappa shape index (κ2) is 3.30. The molecular weight excluding hydrogens is 182 g/mol. The van der Waals surface area contributed by atoms with Crippen LogP contribution >= 0.6 is 0 Å². The first-order valence-electron chi connectivity index (χ1n) is 3.67. The predicted octanol–water partition coefficient (Wildman–Crippen LogP) is -0.311. The summed E-state index contributed by atoms with van der Waals surface area (Å²) in [6.45, 7) is 0.245. The highest BCUT2D eigenvalue weighted by Crippen LogP contribution is 2.16. The van der Waals surface area contributed by atoms with Crippen molar-refractivity contribution >= 4 is 15.9 Å². The lowest BCUT2D eigenvalue weighted by Gasteiger charge is -2.05. The van der Waals surface area contributed by atoms with Gasteiger partial charge in [0.05, 0.1) is 11.5 Å². The lowest BCUT2D eigenvalue weighted by Crippen LogP contribution is -2.28. The maximum absolute atomic E-state index is 10.9. The van der Waals surface area contributed by atoms with Crippen LogP contribution in [0.4, 0.5) is 4.79 Å². The Kier molecular flexibility index (Phi) is 2.56. The smallest absolute Gasteiger partial charge is 0.404 e. The van der Waals surface area contributed by atoms with Crippen molar-refractivity contribution < 1.29 is 18.3 Å². The van der Waals surface area contributed by atoms with Crippen LogP contribution in [0.3, 0.4) is 0 Å². The highest BCUT2D eigenvalue weighted by atomic mass is 32.2. The highest BCUT2D eigenvalue weighted by Gasteiger charge is 2.27. The molecule has 1 heterocycles. The molecule has 0 saturated carbocycles. The van der Waals surface area contributed by atoms with Crippen molar-refractivity contribution in [2.45, 2.75) is 6.42 Å². The van der Waals surface area contributed by atoms with Gasteiger partial charge in [0.25, 0.3) is 0 Å². The van der Waals surface area contributed by atoms with Gasteiger partial charge in [-0.25, -0.2) is 13.2 Å². The van der Waals surface area contributed by atoms with E-state index in [1.54, 1.807) is 0 Å². The molecule has 0 bridgehead atoms. The third-order valence-electron chi connectivity index (χ3n) is 1.87. The summed E-state index contributed by atoms with van der Waals surface area (Å²) in [4.78, 5) is 10.1. The molecule has 1 amide bonds. The molecule has 0 radical (unpaired) electrons. The second-order valence-corrected chi connectivity index (χ2v) is 5.18. The molecule has 0 aliphatic carbocycles. The van der Waals surface area contributed by atoms with Crippen LogP contribution in [-0.2, 0) is 9.84 Å². The molecule has 1 aliphatic heterocycles. The summed E-state index contributed by atoms with van der Waals surface area (Å²) in [5.74, 6) is 0.276. The Morgan fingerprint density at radius 3 is 2.67 bits per heavy atom. The molecule has 0 aromatic rings. The number of rotatable bonds is 2. The first kappa shape index (κ1) is 9.31. The second-order valence-electron chi connectivity index (χ2n) is 2.96. The van der Waals surface area contributed by atoms with Crippen LogP contribution in [0.5, 0.6) is 0 Å². The van der Waals surface area contributed by atoms with E-state index in [0.717, 1.165) is 0 Å². The number of sulfone groups is 1. The molecule has 70 valence electrons. The van der Waals surface area contributed by atoms with Gasteiger partial charge in [0.2, 0.25) is 0 Å². The zero-order valence-electron chi connectivity index (χ0n) is 6.49. The number of nitrogens with one attached hydrogen (secondary N) is 1. The van der Waals surface area contributed by atoms with Crippen molar-refractivity contribution in [3.8, 4) is 0 Å². The van der Waals surface area contributed by atoms with E-state index in [9.17, 15) is 13.2 Å². The van der Waals surface area contributed by atoms with Gasteiger partial charge in [0.1, 0.15) is 0 Å². The summed E-state index contributed by atoms with van der Waals surface area (Å²) in [6, 6.07) is 0. The molecule has 1 fully saturated rings. The van der Waals surface area contributed by atoms with Gasteiger partial charge in [-0.05, 0) is 12.3 Å². The average Bonchev–Trinajstić information content (AvgIpc) is 2.26. The van der Waals surface area contributed by atoms with Crippen molar-refractivity contribution in [3.05, 3.63) is 0 Å². The zero-order valence-corrected chi connectivity index (χ0v) is 7.30. The molecule has 1 rings (SSSR count). The number of hydrogen-bond donors (Lipinski definition) is 2. The third-order valence-corrected chi connectivity index (χ3v) is 3.71. The third kappa shape index (κ3) is 2.69. The fourth-order valence-corrected chi connectivity index (χ4v) is 3.13. The van der Waals surface area contributed by atoms with Crippen LogP contribution in [0.2, 0.25) is 0 Å². The number of carboxylic acid groups (broad SMARTS) is 1. The fourth-order valence-electron chi connectivity index (χ4n) is 1.26. The summed E-state index contributed by atoms with van der Waals surface area (Å²) >= 11 is 0. The molecule has 1 atom stereocenters. The molecular formula is C6H11NO4S. The van der Waals surface area contributed by atoms with Gasteiger partial charge < -0.3 is 10.4 Å².